The van der Waals surface area contributed by atoms with Crippen molar-refractivity contribution in [3.63, 3.8) is 0 Å². The van der Waals surface area contributed by atoms with Crippen molar-refractivity contribution >= 4 is 45.3 Å². The first-order valence-electron chi connectivity index (χ1n) is 11.6. The van der Waals surface area contributed by atoms with Crippen molar-refractivity contribution in [1.82, 2.24) is 29.2 Å². The molecule has 1 saturated heterocycles. The van der Waals surface area contributed by atoms with Gasteiger partial charge in [0.15, 0.2) is 5.82 Å². The number of aryl methyl sites for hydroxylation is 1. The highest BCUT2D eigenvalue weighted by atomic mass is 35.5. The molecule has 37 heavy (non-hydrogen) atoms. The highest BCUT2D eigenvalue weighted by Crippen LogP contribution is 2.34. The molecule has 2 atom stereocenters. The van der Waals surface area contributed by atoms with Crippen LogP contribution >= 0.6 is 11.6 Å². The number of pyridine rings is 1. The summed E-state index contributed by atoms with van der Waals surface area (Å²) in [5.74, 6) is 5.34. The van der Waals surface area contributed by atoms with Gasteiger partial charge in [-0.25, -0.2) is 14.4 Å². The number of halogens is 2. The standard InChI is InChI=1S/C26H22ClFN8O/c1-3-21(37)35-13-17(12-16(35)7-9-29)36-20-8-10-31-26(30)22(20)18(33-36)6-5-15-11-19-25(24(28)23(15)27)34(4-2)14-32-19/h3,8,10-11,14,16-17H,1,4,7,12-13H2,2H3,(H2,30,31)/t16-,17?/m0/s1. The van der Waals surface area contributed by atoms with Gasteiger partial charge in [-0.3, -0.25) is 9.48 Å². The molecule has 1 unspecified atom stereocenters. The molecule has 0 bridgehead atoms. The summed E-state index contributed by atoms with van der Waals surface area (Å²) in [7, 11) is 0. The molecule has 4 aromatic rings. The van der Waals surface area contributed by atoms with Crippen LogP contribution in [0.25, 0.3) is 21.9 Å². The first-order valence-corrected chi connectivity index (χ1v) is 12.0. The van der Waals surface area contributed by atoms with Gasteiger partial charge in [-0.05, 0) is 37.5 Å². The van der Waals surface area contributed by atoms with Crippen LogP contribution in [0, 0.1) is 29.0 Å². The number of hydrogen-bond acceptors (Lipinski definition) is 6. The number of likely N-dealkylation sites (tertiary alicyclic amines) is 1. The van der Waals surface area contributed by atoms with Crippen LogP contribution in [0.5, 0.6) is 0 Å². The number of nitrogen functional groups attached to an aromatic ring is 1. The average molecular weight is 517 g/mol. The van der Waals surface area contributed by atoms with E-state index in [9.17, 15) is 10.1 Å². The number of imidazole rings is 1. The van der Waals surface area contributed by atoms with Gasteiger partial charge in [0, 0.05) is 30.9 Å². The van der Waals surface area contributed by atoms with Crippen LogP contribution in [-0.2, 0) is 11.3 Å². The summed E-state index contributed by atoms with van der Waals surface area (Å²) in [5, 5.41) is 14.4. The molecule has 0 aliphatic carbocycles. The van der Waals surface area contributed by atoms with E-state index in [0.717, 1.165) is 0 Å². The largest absolute Gasteiger partial charge is 0.383 e. The smallest absolute Gasteiger partial charge is 0.246 e. The van der Waals surface area contributed by atoms with Gasteiger partial charge < -0.3 is 15.2 Å². The van der Waals surface area contributed by atoms with Crippen LogP contribution in [0.1, 0.15) is 37.1 Å². The van der Waals surface area contributed by atoms with E-state index >= 15 is 4.39 Å². The zero-order chi connectivity index (χ0) is 26.3. The molecule has 1 aliphatic heterocycles. The van der Waals surface area contributed by atoms with Crippen LogP contribution < -0.4 is 5.73 Å². The molecular weight excluding hydrogens is 495 g/mol. The molecule has 1 aromatic carbocycles. The molecule has 9 nitrogen and oxygen atoms in total. The van der Waals surface area contributed by atoms with Gasteiger partial charge in [-0.15, -0.1) is 0 Å². The summed E-state index contributed by atoms with van der Waals surface area (Å²) in [5.41, 5.74) is 8.30. The Morgan fingerprint density at radius 3 is 2.95 bits per heavy atom. The minimum absolute atomic E-state index is 0.0984. The van der Waals surface area contributed by atoms with E-state index in [2.05, 4.69) is 34.5 Å². The molecule has 11 heteroatoms. The van der Waals surface area contributed by atoms with Gasteiger partial charge in [0.25, 0.3) is 0 Å². The Bertz CT molecular complexity index is 1670. The maximum Gasteiger partial charge on any atom is 0.246 e. The van der Waals surface area contributed by atoms with Crippen LogP contribution in [0.2, 0.25) is 5.02 Å². The second-order valence-corrected chi connectivity index (χ2v) is 9.06. The lowest BCUT2D eigenvalue weighted by Crippen LogP contribution is -2.34. The molecule has 4 heterocycles. The van der Waals surface area contributed by atoms with E-state index in [0.29, 0.717) is 47.1 Å². The van der Waals surface area contributed by atoms with Crippen LogP contribution in [-0.4, -0.2) is 47.7 Å². The number of nitriles is 1. The summed E-state index contributed by atoms with van der Waals surface area (Å²) < 4.78 is 18.5. The number of carbonyl (C=O) groups is 1. The number of amides is 1. The number of hydrogen-bond donors (Lipinski definition) is 1. The number of carbonyl (C=O) groups excluding carboxylic acids is 1. The summed E-state index contributed by atoms with van der Waals surface area (Å²) in [6, 6.07) is 5.10. The first-order chi connectivity index (χ1) is 17.9. The first kappa shape index (κ1) is 24.3. The van der Waals surface area contributed by atoms with Gasteiger partial charge in [-0.1, -0.05) is 24.1 Å². The highest BCUT2D eigenvalue weighted by molar-refractivity contribution is 6.32. The lowest BCUT2D eigenvalue weighted by atomic mass is 10.1. The number of anilines is 1. The molecule has 0 saturated carbocycles. The lowest BCUT2D eigenvalue weighted by molar-refractivity contribution is -0.126. The second kappa shape index (κ2) is 9.57. The van der Waals surface area contributed by atoms with E-state index in [1.165, 1.54) is 6.08 Å². The Labute approximate surface area is 216 Å². The van der Waals surface area contributed by atoms with Crippen LogP contribution in [0.3, 0.4) is 0 Å². The summed E-state index contributed by atoms with van der Waals surface area (Å²) in [4.78, 5) is 22.5. The molecule has 5 rings (SSSR count). The monoisotopic (exact) mass is 516 g/mol. The summed E-state index contributed by atoms with van der Waals surface area (Å²) in [6.07, 6.45) is 5.12. The number of benzene rings is 1. The molecule has 0 radical (unpaired) electrons. The number of nitrogens with zero attached hydrogens (tertiary/aromatic N) is 7. The van der Waals surface area contributed by atoms with Crippen molar-refractivity contribution in [3.05, 3.63) is 59.4 Å². The average Bonchev–Trinajstić information content (AvgIpc) is 3.60. The number of rotatable bonds is 4. The van der Waals surface area contributed by atoms with Crippen molar-refractivity contribution in [2.24, 2.45) is 0 Å². The van der Waals surface area contributed by atoms with Gasteiger partial charge in [0.1, 0.15) is 17.0 Å². The molecule has 1 fully saturated rings. The van der Waals surface area contributed by atoms with E-state index in [4.69, 9.17) is 22.4 Å². The summed E-state index contributed by atoms with van der Waals surface area (Å²) >= 11 is 6.33. The Hall–Kier alpha value is -4.41. The number of fused-ring (bicyclic) bond motifs is 2. The van der Waals surface area contributed by atoms with E-state index in [-0.39, 0.29) is 40.8 Å². The molecule has 186 valence electrons. The third-order valence-corrected chi connectivity index (χ3v) is 6.98. The van der Waals surface area contributed by atoms with Crippen molar-refractivity contribution in [3.8, 4) is 17.9 Å². The topological polar surface area (TPSA) is 119 Å². The van der Waals surface area contributed by atoms with Crippen molar-refractivity contribution < 1.29 is 9.18 Å². The second-order valence-electron chi connectivity index (χ2n) is 8.68. The lowest BCUT2D eigenvalue weighted by Gasteiger charge is -2.20. The molecular formula is C26H22ClFN8O. The van der Waals surface area contributed by atoms with E-state index in [1.807, 2.05) is 6.92 Å². The van der Waals surface area contributed by atoms with E-state index < -0.39 is 5.82 Å². The van der Waals surface area contributed by atoms with Crippen LogP contribution in [0.4, 0.5) is 10.2 Å². The molecule has 0 spiro atoms. The van der Waals surface area contributed by atoms with E-state index in [1.54, 1.807) is 38.8 Å². The number of aromatic nitrogens is 5. The predicted molar refractivity (Wildman–Crippen MR) is 138 cm³/mol. The van der Waals surface area contributed by atoms with Gasteiger partial charge in [0.05, 0.1) is 46.3 Å². The maximum absolute atomic E-state index is 15.0. The van der Waals surface area contributed by atoms with Gasteiger partial charge in [-0.2, -0.15) is 10.4 Å². The maximum atomic E-state index is 15.0. The normalized spacial score (nSPS) is 17.1. The minimum atomic E-state index is -0.583. The zero-order valence-electron chi connectivity index (χ0n) is 19.9. The van der Waals surface area contributed by atoms with Gasteiger partial charge in [0.2, 0.25) is 5.91 Å². The Balaban J connectivity index is 1.59. The fraction of sp³-hybridized carbons (Fsp3) is 0.269. The predicted octanol–water partition coefficient (Wildman–Crippen LogP) is 3.82. The van der Waals surface area contributed by atoms with Crippen molar-refractivity contribution in [2.75, 3.05) is 12.3 Å². The van der Waals surface area contributed by atoms with Crippen molar-refractivity contribution in [2.45, 2.75) is 38.4 Å². The third-order valence-electron chi connectivity index (χ3n) is 6.61. The van der Waals surface area contributed by atoms with Crippen LogP contribution in [0.15, 0.2) is 37.3 Å². The van der Waals surface area contributed by atoms with Gasteiger partial charge >= 0.3 is 0 Å². The zero-order valence-corrected chi connectivity index (χ0v) is 20.7. The molecule has 2 N–H and O–H groups in total. The fourth-order valence-corrected chi connectivity index (χ4v) is 5.05. The Morgan fingerprint density at radius 2 is 2.22 bits per heavy atom. The Morgan fingerprint density at radius 1 is 1.41 bits per heavy atom. The third kappa shape index (κ3) is 4.05. The van der Waals surface area contributed by atoms with Crippen molar-refractivity contribution in [1.29, 1.82) is 5.26 Å². The molecule has 3 aromatic heterocycles. The minimum Gasteiger partial charge on any atom is -0.383 e. The SMILES string of the molecule is C=CC(=O)N1CC(n2nc(C#Cc3cc4ncn(CC)c4c(F)c3Cl)c3c(N)nccc32)C[C@@H]1CC#N. The Kier molecular flexibility index (Phi) is 6.28. The summed E-state index contributed by atoms with van der Waals surface area (Å²) in [6.45, 7) is 6.37. The highest BCUT2D eigenvalue weighted by Gasteiger charge is 2.36. The molecule has 1 amide bonds. The fourth-order valence-electron chi connectivity index (χ4n) is 4.86. The number of nitrogens with two attached hydrogens (primary N) is 1. The molecule has 1 aliphatic rings. The quantitative estimate of drug-likeness (QED) is 0.325.